The van der Waals surface area contributed by atoms with Gasteiger partial charge in [0.05, 0.1) is 11.8 Å². The summed E-state index contributed by atoms with van der Waals surface area (Å²) < 4.78 is 16.2. The van der Waals surface area contributed by atoms with Gasteiger partial charge in [-0.1, -0.05) is 4.49 Å². The molecule has 0 radical (unpaired) electrons. The number of rotatable bonds is 2. The first-order chi connectivity index (χ1) is 7.66. The molecular weight excluding hydrogens is 233 g/mol. The number of hydrogen-bond acceptors (Lipinski definition) is 5. The maximum Gasteiger partial charge on any atom is 0.260 e. The zero-order chi connectivity index (χ0) is 11.5. The van der Waals surface area contributed by atoms with Crippen LogP contribution < -0.4 is 5.32 Å². The van der Waals surface area contributed by atoms with Crippen LogP contribution in [-0.2, 0) is 0 Å². The molecule has 82 valence electrons. The van der Waals surface area contributed by atoms with E-state index in [1.165, 1.54) is 12.3 Å². The SMILES string of the molecule is O=C(Nc1cnns1)c1ccc(F)cc1O. The predicted molar refractivity (Wildman–Crippen MR) is 55.9 cm³/mol. The summed E-state index contributed by atoms with van der Waals surface area (Å²) in [5.41, 5.74) is -0.00481. The van der Waals surface area contributed by atoms with Gasteiger partial charge < -0.3 is 10.4 Å². The van der Waals surface area contributed by atoms with Crippen LogP contribution in [-0.4, -0.2) is 20.6 Å². The molecule has 0 aliphatic rings. The normalized spacial score (nSPS) is 10.1. The summed E-state index contributed by atoms with van der Waals surface area (Å²) in [6.45, 7) is 0. The Labute approximate surface area is 93.7 Å². The van der Waals surface area contributed by atoms with Crippen LogP contribution in [0.4, 0.5) is 9.39 Å². The highest BCUT2D eigenvalue weighted by atomic mass is 32.1. The molecule has 0 saturated heterocycles. The molecule has 0 aliphatic carbocycles. The molecular formula is C9H6FN3O2S. The number of nitrogens with one attached hydrogen (secondary N) is 1. The summed E-state index contributed by atoms with van der Waals surface area (Å²) in [7, 11) is 0. The monoisotopic (exact) mass is 239 g/mol. The third-order valence-corrected chi connectivity index (χ3v) is 2.38. The van der Waals surface area contributed by atoms with Crippen molar-refractivity contribution < 1.29 is 14.3 Å². The van der Waals surface area contributed by atoms with Crippen LogP contribution >= 0.6 is 11.5 Å². The van der Waals surface area contributed by atoms with Gasteiger partial charge in [0.1, 0.15) is 16.6 Å². The first-order valence-electron chi connectivity index (χ1n) is 4.24. The zero-order valence-electron chi connectivity index (χ0n) is 7.85. The fourth-order valence-corrected chi connectivity index (χ4v) is 1.51. The Balaban J connectivity index is 2.21. The number of amides is 1. The quantitative estimate of drug-likeness (QED) is 0.835. The van der Waals surface area contributed by atoms with E-state index in [9.17, 15) is 14.3 Å². The molecule has 1 aromatic heterocycles. The van der Waals surface area contributed by atoms with Gasteiger partial charge in [-0.3, -0.25) is 4.79 Å². The summed E-state index contributed by atoms with van der Waals surface area (Å²) in [5, 5.41) is 15.8. The number of halogens is 1. The lowest BCUT2D eigenvalue weighted by molar-refractivity contribution is 0.102. The second kappa shape index (κ2) is 4.23. The number of anilines is 1. The Hall–Kier alpha value is -2.02. The lowest BCUT2D eigenvalue weighted by Gasteiger charge is -2.03. The molecule has 5 nitrogen and oxygen atoms in total. The maximum absolute atomic E-state index is 12.7. The lowest BCUT2D eigenvalue weighted by Crippen LogP contribution is -2.11. The zero-order valence-corrected chi connectivity index (χ0v) is 8.66. The van der Waals surface area contributed by atoms with Gasteiger partial charge in [0.2, 0.25) is 0 Å². The highest BCUT2D eigenvalue weighted by molar-refractivity contribution is 7.10. The summed E-state index contributed by atoms with van der Waals surface area (Å²) in [6, 6.07) is 3.17. The van der Waals surface area contributed by atoms with Gasteiger partial charge in [-0.2, -0.15) is 0 Å². The third kappa shape index (κ3) is 2.14. The van der Waals surface area contributed by atoms with Gasteiger partial charge in [-0.25, -0.2) is 4.39 Å². The summed E-state index contributed by atoms with van der Waals surface area (Å²) >= 11 is 1.01. The van der Waals surface area contributed by atoms with Crippen molar-refractivity contribution in [1.82, 2.24) is 9.59 Å². The summed E-state index contributed by atoms with van der Waals surface area (Å²) in [4.78, 5) is 11.6. The molecule has 16 heavy (non-hydrogen) atoms. The second-order valence-electron chi connectivity index (χ2n) is 2.90. The summed E-state index contributed by atoms with van der Waals surface area (Å²) in [6.07, 6.45) is 1.38. The minimum atomic E-state index is -0.603. The summed E-state index contributed by atoms with van der Waals surface area (Å²) in [5.74, 6) is -1.55. The van der Waals surface area contributed by atoms with Crippen molar-refractivity contribution in [2.24, 2.45) is 0 Å². The van der Waals surface area contributed by atoms with E-state index in [0.717, 1.165) is 23.7 Å². The highest BCUT2D eigenvalue weighted by Crippen LogP contribution is 2.20. The molecule has 2 rings (SSSR count). The van der Waals surface area contributed by atoms with E-state index in [4.69, 9.17) is 0 Å². The van der Waals surface area contributed by atoms with Gasteiger partial charge in [0, 0.05) is 17.6 Å². The van der Waals surface area contributed by atoms with Crippen molar-refractivity contribution in [3.8, 4) is 5.75 Å². The Bertz CT molecular complexity index is 515. The van der Waals surface area contributed by atoms with Crippen LogP contribution in [0.3, 0.4) is 0 Å². The van der Waals surface area contributed by atoms with Gasteiger partial charge in [-0.05, 0) is 12.1 Å². The molecule has 1 heterocycles. The molecule has 0 atom stereocenters. The number of hydrogen-bond donors (Lipinski definition) is 2. The minimum absolute atomic E-state index is 0.00481. The third-order valence-electron chi connectivity index (χ3n) is 1.80. The Kier molecular flexibility index (Phi) is 2.78. The second-order valence-corrected chi connectivity index (χ2v) is 3.68. The van der Waals surface area contributed by atoms with E-state index in [2.05, 4.69) is 14.9 Å². The van der Waals surface area contributed by atoms with Gasteiger partial charge in [0.25, 0.3) is 5.91 Å². The topological polar surface area (TPSA) is 75.1 Å². The number of phenolic OH excluding ortho intramolecular Hbond substituents is 1. The molecule has 0 fully saturated rings. The molecule has 0 spiro atoms. The number of nitrogens with zero attached hydrogens (tertiary/aromatic N) is 2. The Morgan fingerprint density at radius 2 is 2.31 bits per heavy atom. The minimum Gasteiger partial charge on any atom is -0.507 e. The van der Waals surface area contributed by atoms with Crippen LogP contribution in [0, 0.1) is 5.82 Å². The molecule has 2 aromatic rings. The first-order valence-corrected chi connectivity index (χ1v) is 5.01. The fourth-order valence-electron chi connectivity index (χ4n) is 1.10. The Morgan fingerprint density at radius 1 is 1.50 bits per heavy atom. The van der Waals surface area contributed by atoms with Crippen molar-refractivity contribution in [3.63, 3.8) is 0 Å². The smallest absolute Gasteiger partial charge is 0.260 e. The van der Waals surface area contributed by atoms with E-state index < -0.39 is 17.5 Å². The van der Waals surface area contributed by atoms with Gasteiger partial charge >= 0.3 is 0 Å². The van der Waals surface area contributed by atoms with Crippen LogP contribution in [0.5, 0.6) is 5.75 Å². The molecule has 0 aliphatic heterocycles. The molecule has 0 saturated carbocycles. The highest BCUT2D eigenvalue weighted by Gasteiger charge is 2.12. The standard InChI is InChI=1S/C9H6FN3O2S/c10-5-1-2-6(7(14)3-5)9(15)12-8-4-11-13-16-8/h1-4,14H,(H,12,15). The largest absolute Gasteiger partial charge is 0.507 e. The number of carbonyl (C=O) groups is 1. The van der Waals surface area contributed by atoms with Gasteiger partial charge in [0.15, 0.2) is 0 Å². The fraction of sp³-hybridized carbons (Fsp3) is 0. The van der Waals surface area contributed by atoms with Crippen molar-refractivity contribution in [2.45, 2.75) is 0 Å². The molecule has 0 bridgehead atoms. The van der Waals surface area contributed by atoms with Crippen molar-refractivity contribution in [2.75, 3.05) is 5.32 Å². The molecule has 1 amide bonds. The van der Waals surface area contributed by atoms with Crippen LogP contribution in [0.2, 0.25) is 0 Å². The lowest BCUT2D eigenvalue weighted by atomic mass is 10.2. The molecule has 2 N–H and O–H groups in total. The average molecular weight is 239 g/mol. The van der Waals surface area contributed by atoms with Crippen LogP contribution in [0.15, 0.2) is 24.4 Å². The number of carbonyl (C=O) groups excluding carboxylic acids is 1. The van der Waals surface area contributed by atoms with E-state index in [1.54, 1.807) is 0 Å². The van der Waals surface area contributed by atoms with Crippen molar-refractivity contribution >= 4 is 22.4 Å². The molecule has 0 unspecified atom stereocenters. The van der Waals surface area contributed by atoms with E-state index in [-0.39, 0.29) is 5.56 Å². The number of benzene rings is 1. The first kappa shape index (κ1) is 10.5. The molecule has 1 aromatic carbocycles. The van der Waals surface area contributed by atoms with E-state index >= 15 is 0 Å². The molecule has 7 heteroatoms. The van der Waals surface area contributed by atoms with Crippen molar-refractivity contribution in [3.05, 3.63) is 35.8 Å². The number of aromatic nitrogens is 2. The average Bonchev–Trinajstić information content (AvgIpc) is 2.70. The van der Waals surface area contributed by atoms with Gasteiger partial charge in [-0.15, -0.1) is 5.10 Å². The number of phenols is 1. The Morgan fingerprint density at radius 3 is 2.94 bits per heavy atom. The predicted octanol–water partition coefficient (Wildman–Crippen LogP) is 1.64. The van der Waals surface area contributed by atoms with Crippen LogP contribution in [0.1, 0.15) is 10.4 Å². The van der Waals surface area contributed by atoms with Crippen molar-refractivity contribution in [1.29, 1.82) is 0 Å². The van der Waals surface area contributed by atoms with E-state index in [0.29, 0.717) is 5.00 Å². The van der Waals surface area contributed by atoms with E-state index in [1.807, 2.05) is 0 Å². The maximum atomic E-state index is 12.7. The van der Waals surface area contributed by atoms with Crippen LogP contribution in [0.25, 0.3) is 0 Å². The number of aromatic hydroxyl groups is 1.